The molecular weight excluding hydrogens is 520 g/mol. The van der Waals surface area contributed by atoms with Gasteiger partial charge >= 0.3 is 5.69 Å². The lowest BCUT2D eigenvalue weighted by Gasteiger charge is -2.18. The maximum Gasteiger partial charge on any atom is 0.329 e. The zero-order valence-electron chi connectivity index (χ0n) is 21.1. The molecule has 0 aliphatic rings. The molecule has 8 nitrogen and oxygen atoms in total. The standard InChI is InChI=1S/C28H28N4O4S2/c1-3-9-21(16-25(33)30-38(35,36)26-14-6-7-15-29-26)32-23-12-5-4-11-22(23)31(28(32)34)17-20-18-37-24-13-8-10-19(2)27(20)24/h4-8,10-15,18,21H,3,9,16-17H2,1-2H3,(H,30,33). The van der Waals surface area contributed by atoms with Crippen LogP contribution in [-0.4, -0.2) is 28.4 Å². The number of amides is 1. The molecule has 2 aromatic carbocycles. The van der Waals surface area contributed by atoms with Gasteiger partial charge in [-0.05, 0) is 60.2 Å². The average Bonchev–Trinajstić information content (AvgIpc) is 3.44. The number of hydrogen-bond donors (Lipinski definition) is 1. The highest BCUT2D eigenvalue weighted by Gasteiger charge is 2.26. The summed E-state index contributed by atoms with van der Waals surface area (Å²) in [6, 6.07) is 17.7. The van der Waals surface area contributed by atoms with Crippen molar-refractivity contribution in [3.63, 3.8) is 0 Å². The van der Waals surface area contributed by atoms with E-state index in [0.717, 1.165) is 22.0 Å². The zero-order chi connectivity index (χ0) is 26.9. The second-order valence-corrected chi connectivity index (χ2v) is 11.8. The molecule has 0 saturated carbocycles. The lowest BCUT2D eigenvalue weighted by Crippen LogP contribution is -2.35. The fraction of sp³-hybridized carbons (Fsp3) is 0.250. The van der Waals surface area contributed by atoms with Gasteiger partial charge < -0.3 is 0 Å². The van der Waals surface area contributed by atoms with Gasteiger partial charge in [-0.25, -0.2) is 14.5 Å². The van der Waals surface area contributed by atoms with Crippen molar-refractivity contribution >= 4 is 48.4 Å². The number of nitrogens with zero attached hydrogens (tertiary/aromatic N) is 3. The van der Waals surface area contributed by atoms with Crippen LogP contribution in [0.3, 0.4) is 0 Å². The summed E-state index contributed by atoms with van der Waals surface area (Å²) in [5.41, 5.74) is 3.49. The van der Waals surface area contributed by atoms with E-state index in [1.807, 2.05) is 37.3 Å². The molecule has 5 rings (SSSR count). The molecule has 0 spiro atoms. The molecule has 0 fully saturated rings. The molecule has 3 heterocycles. The number of para-hydroxylation sites is 2. The fourth-order valence-corrected chi connectivity index (χ4v) is 6.96. The Bertz CT molecular complexity index is 1790. The molecule has 0 saturated heterocycles. The number of sulfonamides is 1. The maximum atomic E-state index is 13.9. The number of aryl methyl sites for hydroxylation is 1. The van der Waals surface area contributed by atoms with Gasteiger partial charge in [-0.2, -0.15) is 8.42 Å². The first kappa shape index (κ1) is 25.9. The Balaban J connectivity index is 1.51. The number of pyridine rings is 1. The molecule has 0 bridgehead atoms. The van der Waals surface area contributed by atoms with E-state index < -0.39 is 22.0 Å². The van der Waals surface area contributed by atoms with Crippen LogP contribution in [0.15, 0.2) is 82.1 Å². The van der Waals surface area contributed by atoms with Crippen molar-refractivity contribution < 1.29 is 13.2 Å². The van der Waals surface area contributed by atoms with Gasteiger partial charge in [0, 0.05) is 28.7 Å². The van der Waals surface area contributed by atoms with Crippen LogP contribution < -0.4 is 10.4 Å². The quantitative estimate of drug-likeness (QED) is 0.279. The number of carbonyl (C=O) groups excluding carboxylic acids is 1. The van der Waals surface area contributed by atoms with E-state index in [-0.39, 0.29) is 17.1 Å². The monoisotopic (exact) mass is 548 g/mol. The van der Waals surface area contributed by atoms with Gasteiger partial charge in [0.15, 0.2) is 5.03 Å². The second kappa shape index (κ2) is 10.5. The molecule has 38 heavy (non-hydrogen) atoms. The minimum atomic E-state index is -4.11. The normalized spacial score (nSPS) is 12.7. The highest BCUT2D eigenvalue weighted by atomic mass is 32.2. The van der Waals surface area contributed by atoms with Gasteiger partial charge in [0.25, 0.3) is 10.0 Å². The summed E-state index contributed by atoms with van der Waals surface area (Å²) in [6.07, 6.45) is 2.44. The van der Waals surface area contributed by atoms with Crippen LogP contribution in [0.1, 0.15) is 43.4 Å². The maximum absolute atomic E-state index is 13.9. The molecule has 0 radical (unpaired) electrons. The third-order valence-corrected chi connectivity index (χ3v) is 8.94. The summed E-state index contributed by atoms with van der Waals surface area (Å²) in [6.45, 7) is 4.44. The number of nitrogens with one attached hydrogen (secondary N) is 1. The molecule has 0 aliphatic carbocycles. The number of benzene rings is 2. The summed E-state index contributed by atoms with van der Waals surface area (Å²) in [7, 11) is -4.11. The second-order valence-electron chi connectivity index (χ2n) is 9.28. The average molecular weight is 549 g/mol. The van der Waals surface area contributed by atoms with E-state index in [4.69, 9.17) is 0 Å². The number of hydrogen-bond acceptors (Lipinski definition) is 6. The van der Waals surface area contributed by atoms with E-state index >= 15 is 0 Å². The Morgan fingerprint density at radius 3 is 2.55 bits per heavy atom. The lowest BCUT2D eigenvalue weighted by atomic mass is 10.1. The summed E-state index contributed by atoms with van der Waals surface area (Å²) in [4.78, 5) is 30.7. The van der Waals surface area contributed by atoms with Gasteiger partial charge in [0.1, 0.15) is 0 Å². The molecule has 1 atom stereocenters. The van der Waals surface area contributed by atoms with Crippen LogP contribution >= 0.6 is 11.3 Å². The minimum absolute atomic E-state index is 0.158. The van der Waals surface area contributed by atoms with Crippen molar-refractivity contribution in [3.8, 4) is 0 Å². The minimum Gasteiger partial charge on any atom is -0.288 e. The summed E-state index contributed by atoms with van der Waals surface area (Å²) < 4.78 is 32.0. The molecule has 1 unspecified atom stereocenters. The molecule has 3 aromatic heterocycles. The Morgan fingerprint density at radius 2 is 1.82 bits per heavy atom. The molecule has 10 heteroatoms. The van der Waals surface area contributed by atoms with E-state index in [1.165, 1.54) is 17.0 Å². The Labute approximate surface area is 224 Å². The molecule has 1 N–H and O–H groups in total. The van der Waals surface area contributed by atoms with Crippen molar-refractivity contribution in [1.29, 1.82) is 0 Å². The highest BCUT2D eigenvalue weighted by Crippen LogP contribution is 2.30. The van der Waals surface area contributed by atoms with Crippen LogP contribution in [0.5, 0.6) is 0 Å². The van der Waals surface area contributed by atoms with Crippen LogP contribution in [0.25, 0.3) is 21.1 Å². The highest BCUT2D eigenvalue weighted by molar-refractivity contribution is 7.90. The Kier molecular flexibility index (Phi) is 7.18. The Morgan fingerprint density at radius 1 is 1.05 bits per heavy atom. The zero-order valence-corrected chi connectivity index (χ0v) is 22.8. The molecule has 5 aromatic rings. The van der Waals surface area contributed by atoms with Gasteiger partial charge in [0.2, 0.25) is 5.91 Å². The van der Waals surface area contributed by atoms with Crippen molar-refractivity contribution in [2.24, 2.45) is 0 Å². The van der Waals surface area contributed by atoms with E-state index in [2.05, 4.69) is 34.1 Å². The van der Waals surface area contributed by atoms with Gasteiger partial charge in [-0.15, -0.1) is 11.3 Å². The topological polar surface area (TPSA) is 103 Å². The van der Waals surface area contributed by atoms with Gasteiger partial charge in [-0.3, -0.25) is 13.9 Å². The smallest absolute Gasteiger partial charge is 0.288 e. The number of aromatic nitrogens is 3. The fourth-order valence-electron chi connectivity index (χ4n) is 4.99. The molecule has 0 aliphatic heterocycles. The first-order chi connectivity index (χ1) is 18.3. The van der Waals surface area contributed by atoms with E-state index in [0.29, 0.717) is 24.9 Å². The molecule has 1 amide bonds. The van der Waals surface area contributed by atoms with Crippen molar-refractivity contribution in [1.82, 2.24) is 18.8 Å². The van der Waals surface area contributed by atoms with Crippen molar-refractivity contribution in [2.75, 3.05) is 0 Å². The number of thiophene rings is 1. The first-order valence-electron chi connectivity index (χ1n) is 12.4. The predicted molar refractivity (Wildman–Crippen MR) is 150 cm³/mol. The summed E-state index contributed by atoms with van der Waals surface area (Å²) >= 11 is 1.65. The van der Waals surface area contributed by atoms with Crippen LogP contribution in [-0.2, 0) is 21.4 Å². The predicted octanol–water partition coefficient (Wildman–Crippen LogP) is 5.01. The number of imidazole rings is 1. The van der Waals surface area contributed by atoms with E-state index in [1.54, 1.807) is 32.6 Å². The SMILES string of the molecule is CCCC(CC(=O)NS(=O)(=O)c1ccccn1)n1c(=O)n(Cc2csc3cccc(C)c23)c2ccccc21. The number of carbonyl (C=O) groups is 1. The van der Waals surface area contributed by atoms with Crippen molar-refractivity contribution in [2.45, 2.75) is 50.7 Å². The van der Waals surface area contributed by atoms with Crippen LogP contribution in [0, 0.1) is 6.92 Å². The van der Waals surface area contributed by atoms with Gasteiger partial charge in [0.05, 0.1) is 17.6 Å². The largest absolute Gasteiger partial charge is 0.329 e. The number of fused-ring (bicyclic) bond motifs is 2. The first-order valence-corrected chi connectivity index (χ1v) is 14.8. The van der Waals surface area contributed by atoms with Gasteiger partial charge in [-0.1, -0.05) is 43.7 Å². The van der Waals surface area contributed by atoms with Crippen LogP contribution in [0.2, 0.25) is 0 Å². The van der Waals surface area contributed by atoms with Crippen molar-refractivity contribution in [3.05, 3.63) is 93.9 Å². The number of rotatable bonds is 9. The Hall–Kier alpha value is -3.76. The third kappa shape index (κ3) is 4.89. The third-order valence-electron chi connectivity index (χ3n) is 6.65. The summed E-state index contributed by atoms with van der Waals surface area (Å²) in [5, 5.41) is 3.02. The lowest BCUT2D eigenvalue weighted by molar-refractivity contribution is -0.120. The summed E-state index contributed by atoms with van der Waals surface area (Å²) in [5.74, 6) is -0.683. The molecule has 196 valence electrons. The van der Waals surface area contributed by atoms with Crippen LogP contribution in [0.4, 0.5) is 0 Å². The molecular formula is C28H28N4O4S2. The van der Waals surface area contributed by atoms with E-state index in [9.17, 15) is 18.0 Å².